The van der Waals surface area contributed by atoms with Gasteiger partial charge >= 0.3 is 11.9 Å². The maximum Gasteiger partial charge on any atom is 0.326 e. The van der Waals surface area contributed by atoms with Crippen LogP contribution in [0, 0.1) is 11.3 Å². The van der Waals surface area contributed by atoms with Crippen LogP contribution in [-0.4, -0.2) is 38.4 Å². The summed E-state index contributed by atoms with van der Waals surface area (Å²) in [5.41, 5.74) is -1.31. The Morgan fingerprint density at radius 3 is 2.24 bits per heavy atom. The molecular weight excluding hydrogens is 272 g/mol. The zero-order chi connectivity index (χ0) is 16.0. The second-order valence-corrected chi connectivity index (χ2v) is 6.18. The minimum Gasteiger partial charge on any atom is -0.468 e. The number of hydrogen-bond donors (Lipinski definition) is 0. The Morgan fingerprint density at radius 2 is 1.81 bits per heavy atom. The summed E-state index contributed by atoms with van der Waals surface area (Å²) in [6.45, 7) is 6.19. The van der Waals surface area contributed by atoms with E-state index in [1.54, 1.807) is 0 Å². The summed E-state index contributed by atoms with van der Waals surface area (Å²) >= 11 is 0. The van der Waals surface area contributed by atoms with Crippen molar-refractivity contribution in [3.63, 3.8) is 0 Å². The molecule has 1 saturated heterocycles. The zero-order valence-corrected chi connectivity index (χ0v) is 13.8. The van der Waals surface area contributed by atoms with Gasteiger partial charge in [-0.05, 0) is 18.8 Å². The lowest BCUT2D eigenvalue weighted by Crippen LogP contribution is -2.48. The highest BCUT2D eigenvalue weighted by atomic mass is 16.6. The second kappa shape index (κ2) is 7.78. The molecule has 122 valence electrons. The van der Waals surface area contributed by atoms with E-state index in [4.69, 9.17) is 14.2 Å². The smallest absolute Gasteiger partial charge is 0.326 e. The van der Waals surface area contributed by atoms with E-state index < -0.39 is 23.5 Å². The molecular formula is C16H28O5. The van der Waals surface area contributed by atoms with Gasteiger partial charge in [-0.3, -0.25) is 9.59 Å². The lowest BCUT2D eigenvalue weighted by Gasteiger charge is -2.29. The summed E-state index contributed by atoms with van der Waals surface area (Å²) in [5.74, 6) is -0.772. The predicted octanol–water partition coefficient (Wildman–Crippen LogP) is 2.71. The van der Waals surface area contributed by atoms with Crippen LogP contribution in [0.15, 0.2) is 0 Å². The Hall–Kier alpha value is -1.10. The number of carbonyl (C=O) groups excluding carboxylic acids is 2. The predicted molar refractivity (Wildman–Crippen MR) is 78.7 cm³/mol. The van der Waals surface area contributed by atoms with E-state index in [9.17, 15) is 9.59 Å². The molecule has 0 aliphatic carbocycles. The molecule has 0 saturated carbocycles. The maximum absolute atomic E-state index is 12.3. The molecule has 5 nitrogen and oxygen atoms in total. The Bertz CT molecular complexity index is 348. The lowest BCUT2D eigenvalue weighted by molar-refractivity contribution is -0.174. The molecule has 21 heavy (non-hydrogen) atoms. The summed E-state index contributed by atoms with van der Waals surface area (Å²) in [5, 5.41) is 0. The van der Waals surface area contributed by atoms with Gasteiger partial charge in [-0.25, -0.2) is 0 Å². The third kappa shape index (κ3) is 3.76. The third-order valence-corrected chi connectivity index (χ3v) is 4.12. The lowest BCUT2D eigenvalue weighted by atomic mass is 9.76. The maximum atomic E-state index is 12.3. The molecule has 1 rings (SSSR count). The molecule has 0 amide bonds. The van der Waals surface area contributed by atoms with Crippen LogP contribution in [0.5, 0.6) is 0 Å². The van der Waals surface area contributed by atoms with E-state index >= 15 is 0 Å². The highest BCUT2D eigenvalue weighted by molar-refractivity contribution is 6.01. The van der Waals surface area contributed by atoms with Crippen molar-refractivity contribution in [2.75, 3.05) is 14.2 Å². The van der Waals surface area contributed by atoms with Crippen molar-refractivity contribution < 1.29 is 23.8 Å². The van der Waals surface area contributed by atoms with Crippen molar-refractivity contribution >= 4 is 11.9 Å². The largest absolute Gasteiger partial charge is 0.468 e. The van der Waals surface area contributed by atoms with Crippen LogP contribution in [0.2, 0.25) is 0 Å². The quantitative estimate of drug-likeness (QED) is 0.534. The summed E-state index contributed by atoms with van der Waals surface area (Å²) in [6.07, 6.45) is 3.33. The van der Waals surface area contributed by atoms with Crippen molar-refractivity contribution in [3.05, 3.63) is 0 Å². The summed E-state index contributed by atoms with van der Waals surface area (Å²) < 4.78 is 15.8. The van der Waals surface area contributed by atoms with Crippen molar-refractivity contribution in [1.29, 1.82) is 0 Å². The number of esters is 2. The highest BCUT2D eigenvalue weighted by Gasteiger charge is 2.60. The van der Waals surface area contributed by atoms with Crippen LogP contribution in [0.1, 0.15) is 52.9 Å². The number of rotatable bonds is 7. The first-order valence-electron chi connectivity index (χ1n) is 7.74. The minimum absolute atomic E-state index is 0.0908. The van der Waals surface area contributed by atoms with Gasteiger partial charge in [0.2, 0.25) is 0 Å². The average Bonchev–Trinajstić information content (AvgIpc) is 2.82. The van der Waals surface area contributed by atoms with Crippen molar-refractivity contribution in [1.82, 2.24) is 0 Å². The molecule has 0 N–H and O–H groups in total. The molecule has 1 aliphatic heterocycles. The molecule has 2 atom stereocenters. The number of unbranched alkanes of at least 4 members (excludes halogenated alkanes) is 1. The van der Waals surface area contributed by atoms with E-state index in [1.807, 2.05) is 13.8 Å². The number of hydrogen-bond acceptors (Lipinski definition) is 5. The summed E-state index contributed by atoms with van der Waals surface area (Å²) in [7, 11) is 2.61. The molecule has 5 heteroatoms. The third-order valence-electron chi connectivity index (χ3n) is 4.12. The monoisotopic (exact) mass is 300 g/mol. The Kier molecular flexibility index (Phi) is 6.65. The van der Waals surface area contributed by atoms with Gasteiger partial charge in [-0.15, -0.1) is 0 Å². The normalized spacial score (nSPS) is 24.1. The molecule has 1 heterocycles. The number of methoxy groups -OCH3 is 2. The molecule has 0 aromatic carbocycles. The topological polar surface area (TPSA) is 61.8 Å². The molecule has 0 aromatic rings. The van der Waals surface area contributed by atoms with Crippen molar-refractivity contribution in [2.24, 2.45) is 11.3 Å². The van der Waals surface area contributed by atoms with Gasteiger partial charge in [0.05, 0.1) is 26.4 Å². The van der Waals surface area contributed by atoms with Gasteiger partial charge < -0.3 is 14.2 Å². The summed E-state index contributed by atoms with van der Waals surface area (Å²) in [4.78, 5) is 24.7. The van der Waals surface area contributed by atoms with E-state index in [-0.39, 0.29) is 6.10 Å². The van der Waals surface area contributed by atoms with Crippen molar-refractivity contribution in [2.45, 2.75) is 65.1 Å². The standard InChI is InChI=1S/C16H28O5/c1-6-7-8-12-10-16(14(17)19-4,15(18)20-5)13(21-12)9-11(2)3/h11-13H,6-10H2,1-5H3/t12-,13+/m0/s1. The second-order valence-electron chi connectivity index (χ2n) is 6.18. The van der Waals surface area contributed by atoms with E-state index in [1.165, 1.54) is 14.2 Å². The van der Waals surface area contributed by atoms with E-state index in [0.29, 0.717) is 18.8 Å². The van der Waals surface area contributed by atoms with Crippen LogP contribution in [0.25, 0.3) is 0 Å². The SMILES string of the molecule is CCCC[C@H]1CC(C(=O)OC)(C(=O)OC)[C@@H](CC(C)C)O1. The van der Waals surface area contributed by atoms with Crippen molar-refractivity contribution in [3.8, 4) is 0 Å². The van der Waals surface area contributed by atoms with Gasteiger partial charge in [0.25, 0.3) is 0 Å². The summed E-state index contributed by atoms with van der Waals surface area (Å²) in [6, 6.07) is 0. The van der Waals surface area contributed by atoms with Gasteiger partial charge in [0.15, 0.2) is 5.41 Å². The molecule has 0 radical (unpaired) electrons. The van der Waals surface area contributed by atoms with Crippen LogP contribution in [-0.2, 0) is 23.8 Å². The first-order valence-corrected chi connectivity index (χ1v) is 7.74. The van der Waals surface area contributed by atoms with Crippen LogP contribution >= 0.6 is 0 Å². The fourth-order valence-corrected chi connectivity index (χ4v) is 3.05. The molecule has 0 spiro atoms. The first kappa shape index (κ1) is 18.0. The fraction of sp³-hybridized carbons (Fsp3) is 0.875. The zero-order valence-electron chi connectivity index (χ0n) is 13.8. The van der Waals surface area contributed by atoms with Crippen LogP contribution in [0.3, 0.4) is 0 Å². The average molecular weight is 300 g/mol. The number of ether oxygens (including phenoxy) is 3. The first-order chi connectivity index (χ1) is 9.92. The molecule has 0 aromatic heterocycles. The highest BCUT2D eigenvalue weighted by Crippen LogP contribution is 2.45. The molecule has 1 aliphatic rings. The van der Waals surface area contributed by atoms with Gasteiger partial charge in [0.1, 0.15) is 0 Å². The van der Waals surface area contributed by atoms with E-state index in [2.05, 4.69) is 6.92 Å². The van der Waals surface area contributed by atoms with E-state index in [0.717, 1.165) is 19.3 Å². The Labute approximate surface area is 127 Å². The van der Waals surface area contributed by atoms with Gasteiger partial charge in [-0.1, -0.05) is 33.6 Å². The molecule has 0 unspecified atom stereocenters. The molecule has 0 bridgehead atoms. The Morgan fingerprint density at radius 1 is 1.24 bits per heavy atom. The van der Waals surface area contributed by atoms with Gasteiger partial charge in [-0.2, -0.15) is 0 Å². The number of carbonyl (C=O) groups is 2. The fourth-order valence-electron chi connectivity index (χ4n) is 3.05. The van der Waals surface area contributed by atoms with Gasteiger partial charge in [0, 0.05) is 6.42 Å². The van der Waals surface area contributed by atoms with Crippen LogP contribution < -0.4 is 0 Å². The van der Waals surface area contributed by atoms with Crippen LogP contribution in [0.4, 0.5) is 0 Å². The molecule has 1 fully saturated rings. The minimum atomic E-state index is -1.31. The Balaban J connectivity index is 3.07.